The van der Waals surface area contributed by atoms with Gasteiger partial charge in [-0.05, 0) is 108 Å². The largest absolute Gasteiger partial charge is 0.412 e. The van der Waals surface area contributed by atoms with E-state index < -0.39 is 0 Å². The highest BCUT2D eigenvalue weighted by Gasteiger charge is 2.21. The van der Waals surface area contributed by atoms with Crippen LogP contribution in [0, 0.1) is 0 Å². The van der Waals surface area contributed by atoms with Crippen molar-refractivity contribution in [1.82, 2.24) is 0 Å². The molecule has 6 rings (SSSR count). The van der Waals surface area contributed by atoms with E-state index in [1.165, 1.54) is 56.5 Å². The first-order valence-electron chi connectivity index (χ1n) is 12.5. The highest BCUT2D eigenvalue weighted by Crippen LogP contribution is 2.37. The summed E-state index contributed by atoms with van der Waals surface area (Å²) in [4.78, 5) is 14.6. The molecule has 0 atom stereocenters. The number of fused-ring (bicyclic) bond motifs is 3. The average molecular weight is 497 g/mol. The van der Waals surface area contributed by atoms with Crippen LogP contribution in [0.25, 0.3) is 16.7 Å². The third kappa shape index (κ3) is 6.05. The molecule has 4 heteroatoms. The fourth-order valence-corrected chi connectivity index (χ4v) is 4.88. The maximum absolute atomic E-state index is 10.5. The molecular formula is C33H36O4. The summed E-state index contributed by atoms with van der Waals surface area (Å²) in [5.41, 5.74) is 15.8. The van der Waals surface area contributed by atoms with Crippen molar-refractivity contribution in [2.75, 3.05) is 6.61 Å². The van der Waals surface area contributed by atoms with Crippen LogP contribution in [0.15, 0.2) is 89.5 Å². The van der Waals surface area contributed by atoms with Gasteiger partial charge in [0.25, 0.3) is 0 Å². The van der Waals surface area contributed by atoms with Crippen LogP contribution in [0.5, 0.6) is 0 Å². The molecule has 0 aromatic heterocycles. The molecule has 3 N–H and O–H groups in total. The first-order valence-corrected chi connectivity index (χ1v) is 12.5. The maximum Gasteiger partial charge on any atom is 0.146 e. The smallest absolute Gasteiger partial charge is 0.146 e. The summed E-state index contributed by atoms with van der Waals surface area (Å²) in [5, 5.41) is 8.32. The zero-order valence-electron chi connectivity index (χ0n) is 22.1. The van der Waals surface area contributed by atoms with Crippen molar-refractivity contribution in [3.05, 3.63) is 123 Å². The van der Waals surface area contributed by atoms with E-state index in [1.54, 1.807) is 5.57 Å². The highest BCUT2D eigenvalue weighted by molar-refractivity contribution is 5.93. The molecule has 0 unspecified atom stereocenters. The molecule has 0 amide bonds. The SMILES string of the molecule is C/C(C=O)=C1/Cc2ccccc21.C/C(COO)=C1/Cc2ccccc21.CC(C)=C1Cc2ccccc21.O. The van der Waals surface area contributed by atoms with Gasteiger partial charge in [0.2, 0.25) is 0 Å². The highest BCUT2D eigenvalue weighted by atomic mass is 17.1. The van der Waals surface area contributed by atoms with Crippen LogP contribution < -0.4 is 0 Å². The lowest BCUT2D eigenvalue weighted by molar-refractivity contribution is -0.233. The molecule has 37 heavy (non-hydrogen) atoms. The number of aldehydes is 1. The van der Waals surface area contributed by atoms with Gasteiger partial charge in [-0.25, -0.2) is 4.89 Å². The number of carbonyl (C=O) groups is 1. The third-order valence-electron chi connectivity index (χ3n) is 7.18. The van der Waals surface area contributed by atoms with E-state index in [9.17, 15) is 4.79 Å². The summed E-state index contributed by atoms with van der Waals surface area (Å²) in [5.74, 6) is 0. The lowest BCUT2D eigenvalue weighted by atomic mass is 9.81. The van der Waals surface area contributed by atoms with E-state index >= 15 is 0 Å². The van der Waals surface area contributed by atoms with Crippen LogP contribution in [-0.4, -0.2) is 23.6 Å². The Kier molecular flexibility index (Phi) is 9.54. The topological polar surface area (TPSA) is 78.0 Å². The Morgan fingerprint density at radius 1 is 0.703 bits per heavy atom. The molecule has 0 fully saturated rings. The second-order valence-corrected chi connectivity index (χ2v) is 9.79. The van der Waals surface area contributed by atoms with Gasteiger partial charge >= 0.3 is 0 Å². The molecule has 3 aromatic carbocycles. The predicted octanol–water partition coefficient (Wildman–Crippen LogP) is 6.93. The number of carbonyl (C=O) groups excluding carboxylic acids is 1. The van der Waals surface area contributed by atoms with Gasteiger partial charge in [-0.15, -0.1) is 0 Å². The Morgan fingerprint density at radius 3 is 1.54 bits per heavy atom. The van der Waals surface area contributed by atoms with Gasteiger partial charge in [0.1, 0.15) is 12.9 Å². The molecule has 0 heterocycles. The molecular weight excluding hydrogens is 460 g/mol. The van der Waals surface area contributed by atoms with Gasteiger partial charge in [-0.2, -0.15) is 0 Å². The van der Waals surface area contributed by atoms with Gasteiger partial charge < -0.3 is 5.48 Å². The minimum Gasteiger partial charge on any atom is -0.412 e. The Bertz CT molecular complexity index is 1370. The van der Waals surface area contributed by atoms with Gasteiger partial charge in [0.05, 0.1) is 0 Å². The number of benzene rings is 3. The van der Waals surface area contributed by atoms with Crippen molar-refractivity contribution < 1.29 is 20.4 Å². The fraction of sp³-hybridized carbons (Fsp3) is 0.242. The quantitative estimate of drug-likeness (QED) is 0.185. The van der Waals surface area contributed by atoms with Crippen molar-refractivity contribution in [1.29, 1.82) is 0 Å². The molecule has 3 aliphatic carbocycles. The van der Waals surface area contributed by atoms with Crippen LogP contribution in [0.1, 0.15) is 61.1 Å². The summed E-state index contributed by atoms with van der Waals surface area (Å²) in [6.45, 7) is 8.54. The Balaban J connectivity index is 0.000000153. The van der Waals surface area contributed by atoms with Crippen LogP contribution in [0.4, 0.5) is 0 Å². The summed E-state index contributed by atoms with van der Waals surface area (Å²) in [6, 6.07) is 25.2. The minimum absolute atomic E-state index is 0. The number of hydrogen-bond donors (Lipinski definition) is 1. The number of hydrogen-bond acceptors (Lipinski definition) is 3. The Morgan fingerprint density at radius 2 is 1.11 bits per heavy atom. The summed E-state index contributed by atoms with van der Waals surface area (Å²) < 4.78 is 0. The van der Waals surface area contributed by atoms with E-state index in [1.807, 2.05) is 38.1 Å². The van der Waals surface area contributed by atoms with Gasteiger partial charge in [0, 0.05) is 0 Å². The Labute approximate surface area is 219 Å². The van der Waals surface area contributed by atoms with Gasteiger partial charge in [-0.3, -0.25) is 10.1 Å². The predicted molar refractivity (Wildman–Crippen MR) is 152 cm³/mol. The lowest BCUT2D eigenvalue weighted by Gasteiger charge is -2.24. The normalized spacial score (nSPS) is 16.1. The molecule has 0 saturated carbocycles. The monoisotopic (exact) mass is 496 g/mol. The first kappa shape index (κ1) is 28.0. The van der Waals surface area contributed by atoms with E-state index in [-0.39, 0.29) is 5.48 Å². The summed E-state index contributed by atoms with van der Waals surface area (Å²) in [7, 11) is 0. The standard InChI is InChI=1S/C11H12O2.C11H10O.C11H12.H2O/c1-8(7-13-12)11-6-9-4-2-3-5-10(9)11;1-8(7-12)11-6-9-4-2-3-5-10(9)11;1-8(2)11-7-9-5-3-4-6-10(9)11;/h2-5,12H,6-7H2,1H3;2-5,7H,6H2,1H3;3-6H,7H2,1-2H3;1H2/b2*11-8+;;. The molecule has 0 saturated heterocycles. The van der Waals surface area contributed by atoms with E-state index in [0.29, 0.717) is 6.61 Å². The van der Waals surface area contributed by atoms with E-state index in [0.717, 1.165) is 30.3 Å². The van der Waals surface area contributed by atoms with Crippen LogP contribution >= 0.6 is 0 Å². The van der Waals surface area contributed by atoms with E-state index in [4.69, 9.17) is 5.26 Å². The van der Waals surface area contributed by atoms with Crippen molar-refractivity contribution in [3.63, 3.8) is 0 Å². The average Bonchev–Trinajstić information content (AvgIpc) is 2.82. The molecule has 0 aliphatic heterocycles. The minimum atomic E-state index is 0. The molecule has 0 spiro atoms. The number of allylic oxidation sites excluding steroid dienone is 5. The zero-order chi connectivity index (χ0) is 25.7. The van der Waals surface area contributed by atoms with E-state index in [2.05, 4.69) is 67.3 Å². The second kappa shape index (κ2) is 12.6. The van der Waals surface area contributed by atoms with Crippen molar-refractivity contribution in [3.8, 4) is 0 Å². The van der Waals surface area contributed by atoms with Crippen molar-refractivity contribution in [2.24, 2.45) is 0 Å². The number of rotatable bonds is 3. The summed E-state index contributed by atoms with van der Waals surface area (Å²) in [6.07, 6.45) is 4.08. The molecule has 0 bridgehead atoms. The maximum atomic E-state index is 10.5. The molecule has 3 aromatic rings. The van der Waals surface area contributed by atoms with Crippen molar-refractivity contribution >= 4 is 23.0 Å². The fourth-order valence-electron chi connectivity index (χ4n) is 4.88. The second-order valence-electron chi connectivity index (χ2n) is 9.79. The van der Waals surface area contributed by atoms with Crippen LogP contribution in [-0.2, 0) is 28.9 Å². The molecule has 3 aliphatic rings. The van der Waals surface area contributed by atoms with Gasteiger partial charge in [-0.1, -0.05) is 78.4 Å². The summed E-state index contributed by atoms with van der Waals surface area (Å²) >= 11 is 0. The Hall–Kier alpha value is -3.57. The first-order chi connectivity index (χ1) is 17.4. The van der Waals surface area contributed by atoms with Crippen LogP contribution in [0.2, 0.25) is 0 Å². The lowest BCUT2D eigenvalue weighted by Crippen LogP contribution is -2.10. The molecule has 0 radical (unpaired) electrons. The molecule has 4 nitrogen and oxygen atoms in total. The van der Waals surface area contributed by atoms with Crippen molar-refractivity contribution in [2.45, 2.75) is 47.0 Å². The van der Waals surface area contributed by atoms with Gasteiger partial charge in [0.15, 0.2) is 0 Å². The zero-order valence-corrected chi connectivity index (χ0v) is 22.1. The third-order valence-corrected chi connectivity index (χ3v) is 7.18. The van der Waals surface area contributed by atoms with Crippen LogP contribution in [0.3, 0.4) is 0 Å². The molecule has 192 valence electrons.